The summed E-state index contributed by atoms with van der Waals surface area (Å²) in [5.74, 6) is 0.240. The normalized spacial score (nSPS) is 18.9. The van der Waals surface area contributed by atoms with Gasteiger partial charge in [-0.15, -0.1) is 0 Å². The molecule has 1 heterocycles. The highest BCUT2D eigenvalue weighted by Gasteiger charge is 2.29. The molecule has 1 aromatic carbocycles. The van der Waals surface area contributed by atoms with E-state index in [4.69, 9.17) is 0 Å². The van der Waals surface area contributed by atoms with Crippen molar-refractivity contribution in [3.8, 4) is 0 Å². The van der Waals surface area contributed by atoms with Gasteiger partial charge in [-0.1, -0.05) is 13.8 Å². The van der Waals surface area contributed by atoms with Gasteiger partial charge in [0.2, 0.25) is 0 Å². The molecular weight excluding hydrogens is 309 g/mol. The van der Waals surface area contributed by atoms with Crippen molar-refractivity contribution in [3.63, 3.8) is 0 Å². The van der Waals surface area contributed by atoms with Crippen LogP contribution in [0.1, 0.15) is 25.8 Å². The minimum atomic E-state index is -0.309. The molecule has 134 valence electrons. The van der Waals surface area contributed by atoms with Crippen LogP contribution in [0.5, 0.6) is 0 Å². The van der Waals surface area contributed by atoms with Crippen LogP contribution in [0.15, 0.2) is 18.2 Å². The number of nitrogens with one attached hydrogen (secondary N) is 1. The lowest BCUT2D eigenvalue weighted by Gasteiger charge is -2.42. The third kappa shape index (κ3) is 4.92. The number of nitrogens with zero attached hydrogens (tertiary/aromatic N) is 2. The fourth-order valence-corrected chi connectivity index (χ4v) is 3.17. The molecule has 0 spiro atoms. The third-order valence-corrected chi connectivity index (χ3v) is 4.38. The largest absolute Gasteiger partial charge is 0.396 e. The molecule has 0 aliphatic carbocycles. The summed E-state index contributed by atoms with van der Waals surface area (Å²) >= 11 is 0. The molecule has 1 fully saturated rings. The lowest BCUT2D eigenvalue weighted by Crippen LogP contribution is -2.56. The van der Waals surface area contributed by atoms with E-state index in [-0.39, 0.29) is 24.5 Å². The van der Waals surface area contributed by atoms with Gasteiger partial charge in [-0.2, -0.15) is 0 Å². The van der Waals surface area contributed by atoms with Gasteiger partial charge >= 0.3 is 6.03 Å². The number of aliphatic hydroxyl groups excluding tert-OH is 1. The molecule has 1 aromatic rings. The zero-order valence-corrected chi connectivity index (χ0v) is 14.8. The van der Waals surface area contributed by atoms with E-state index in [1.807, 2.05) is 0 Å². The molecule has 1 aliphatic rings. The van der Waals surface area contributed by atoms with Gasteiger partial charge in [0.1, 0.15) is 5.82 Å². The van der Waals surface area contributed by atoms with Crippen molar-refractivity contribution in [1.29, 1.82) is 0 Å². The van der Waals surface area contributed by atoms with E-state index < -0.39 is 0 Å². The maximum absolute atomic E-state index is 13.2. The Bertz CT molecular complexity index is 565. The van der Waals surface area contributed by atoms with Crippen LogP contribution in [0, 0.1) is 18.7 Å². The molecule has 1 unspecified atom stereocenters. The van der Waals surface area contributed by atoms with Crippen LogP contribution in [0.2, 0.25) is 0 Å². The van der Waals surface area contributed by atoms with Crippen molar-refractivity contribution >= 4 is 11.7 Å². The highest BCUT2D eigenvalue weighted by Crippen LogP contribution is 2.19. The molecule has 0 bridgehead atoms. The van der Waals surface area contributed by atoms with Gasteiger partial charge in [-0.05, 0) is 43.0 Å². The number of halogens is 1. The number of urea groups is 1. The Labute approximate surface area is 143 Å². The first-order valence-corrected chi connectivity index (χ1v) is 8.57. The Kier molecular flexibility index (Phi) is 6.57. The Morgan fingerprint density at radius 3 is 2.79 bits per heavy atom. The summed E-state index contributed by atoms with van der Waals surface area (Å²) in [7, 11) is 0. The highest BCUT2D eigenvalue weighted by atomic mass is 19.1. The van der Waals surface area contributed by atoms with Gasteiger partial charge < -0.3 is 15.3 Å². The van der Waals surface area contributed by atoms with Crippen LogP contribution >= 0.6 is 0 Å². The van der Waals surface area contributed by atoms with Crippen molar-refractivity contribution in [2.75, 3.05) is 38.1 Å². The van der Waals surface area contributed by atoms with Crippen LogP contribution in [-0.4, -0.2) is 59.8 Å². The van der Waals surface area contributed by atoms with Crippen LogP contribution in [-0.2, 0) is 0 Å². The molecule has 2 N–H and O–H groups in total. The Hall–Kier alpha value is -1.66. The van der Waals surface area contributed by atoms with E-state index in [9.17, 15) is 14.3 Å². The lowest BCUT2D eigenvalue weighted by molar-refractivity contribution is 0.0689. The first-order valence-electron chi connectivity index (χ1n) is 8.57. The van der Waals surface area contributed by atoms with Crippen molar-refractivity contribution in [2.24, 2.45) is 5.92 Å². The topological polar surface area (TPSA) is 55.8 Å². The third-order valence-electron chi connectivity index (χ3n) is 4.38. The number of rotatable bonds is 5. The first-order chi connectivity index (χ1) is 11.4. The van der Waals surface area contributed by atoms with Gasteiger partial charge in [-0.3, -0.25) is 4.90 Å². The summed E-state index contributed by atoms with van der Waals surface area (Å²) in [4.78, 5) is 16.7. The molecule has 5 nitrogen and oxygen atoms in total. The zero-order chi connectivity index (χ0) is 17.7. The summed E-state index contributed by atoms with van der Waals surface area (Å²) in [5.41, 5.74) is 1.33. The van der Waals surface area contributed by atoms with E-state index in [1.54, 1.807) is 17.9 Å². The Morgan fingerprint density at radius 2 is 2.17 bits per heavy atom. The lowest BCUT2D eigenvalue weighted by atomic mass is 10.1. The monoisotopic (exact) mass is 337 g/mol. The van der Waals surface area contributed by atoms with Gasteiger partial charge in [-0.25, -0.2) is 9.18 Å². The molecule has 0 saturated carbocycles. The van der Waals surface area contributed by atoms with Crippen molar-refractivity contribution < 1.29 is 14.3 Å². The number of carbonyl (C=O) groups excluding carboxylic acids is 1. The van der Waals surface area contributed by atoms with Gasteiger partial charge in [0, 0.05) is 44.5 Å². The molecule has 1 aliphatic heterocycles. The minimum Gasteiger partial charge on any atom is -0.396 e. The summed E-state index contributed by atoms with van der Waals surface area (Å²) in [5, 5.41) is 12.2. The van der Waals surface area contributed by atoms with Crippen molar-refractivity contribution in [2.45, 2.75) is 33.2 Å². The van der Waals surface area contributed by atoms with Crippen LogP contribution in [0.4, 0.5) is 14.9 Å². The Morgan fingerprint density at radius 1 is 1.42 bits per heavy atom. The van der Waals surface area contributed by atoms with Crippen LogP contribution in [0.3, 0.4) is 0 Å². The molecule has 0 aromatic heterocycles. The standard InChI is InChI=1S/C18H28FN3O2/c1-13(2)11-21-7-8-22(12-16(21)6-9-23)18(24)20-17-5-4-15(19)10-14(17)3/h4-5,10,13,16,23H,6-9,11-12H2,1-3H3,(H,20,24). The molecule has 1 atom stereocenters. The molecule has 1 saturated heterocycles. The summed E-state index contributed by atoms with van der Waals surface area (Å²) in [6.07, 6.45) is 0.659. The number of piperazine rings is 1. The highest BCUT2D eigenvalue weighted by molar-refractivity contribution is 5.90. The number of aryl methyl sites for hydroxylation is 1. The SMILES string of the molecule is Cc1cc(F)ccc1NC(=O)N1CCN(CC(C)C)C(CCO)C1. The fourth-order valence-electron chi connectivity index (χ4n) is 3.17. The second-order valence-electron chi connectivity index (χ2n) is 6.89. The number of hydrogen-bond acceptors (Lipinski definition) is 3. The van der Waals surface area contributed by atoms with Crippen LogP contribution < -0.4 is 5.32 Å². The number of hydrogen-bond donors (Lipinski definition) is 2. The van der Waals surface area contributed by atoms with Gasteiger partial charge in [0.05, 0.1) is 0 Å². The number of aliphatic hydroxyl groups is 1. The average molecular weight is 337 g/mol. The summed E-state index contributed by atoms with van der Waals surface area (Å²) in [6, 6.07) is 4.34. The van der Waals surface area contributed by atoms with Gasteiger partial charge in [0.15, 0.2) is 0 Å². The Balaban J connectivity index is 2.00. The smallest absolute Gasteiger partial charge is 0.321 e. The molecule has 24 heavy (non-hydrogen) atoms. The minimum absolute atomic E-state index is 0.117. The first kappa shape index (κ1) is 18.7. The zero-order valence-electron chi connectivity index (χ0n) is 14.8. The molecule has 0 radical (unpaired) electrons. The van der Waals surface area contributed by atoms with E-state index in [1.165, 1.54) is 12.1 Å². The number of carbonyl (C=O) groups is 1. The summed E-state index contributed by atoms with van der Waals surface area (Å²) in [6.45, 7) is 9.26. The molecular formula is C18H28FN3O2. The molecule has 6 heteroatoms. The maximum atomic E-state index is 13.2. The predicted molar refractivity (Wildman–Crippen MR) is 93.6 cm³/mol. The quantitative estimate of drug-likeness (QED) is 0.868. The maximum Gasteiger partial charge on any atom is 0.321 e. The second-order valence-corrected chi connectivity index (χ2v) is 6.89. The van der Waals surface area contributed by atoms with E-state index in [0.717, 1.165) is 13.1 Å². The number of amides is 2. The average Bonchev–Trinajstić information content (AvgIpc) is 2.51. The van der Waals surface area contributed by atoms with Crippen molar-refractivity contribution in [3.05, 3.63) is 29.6 Å². The molecule has 2 amide bonds. The van der Waals surface area contributed by atoms with Gasteiger partial charge in [0.25, 0.3) is 0 Å². The van der Waals surface area contributed by atoms with E-state index in [2.05, 4.69) is 24.1 Å². The molecule has 2 rings (SSSR count). The summed E-state index contributed by atoms with van der Waals surface area (Å²) < 4.78 is 13.2. The van der Waals surface area contributed by atoms with E-state index in [0.29, 0.717) is 36.7 Å². The van der Waals surface area contributed by atoms with Crippen molar-refractivity contribution in [1.82, 2.24) is 9.80 Å². The second kappa shape index (κ2) is 8.44. The fraction of sp³-hybridized carbons (Fsp3) is 0.611. The van der Waals surface area contributed by atoms with Crippen LogP contribution in [0.25, 0.3) is 0 Å². The number of anilines is 1. The number of benzene rings is 1. The van der Waals surface area contributed by atoms with E-state index >= 15 is 0 Å². The predicted octanol–water partition coefficient (Wildman–Crippen LogP) is 2.69.